The summed E-state index contributed by atoms with van der Waals surface area (Å²) in [5.41, 5.74) is 2.92. The minimum absolute atomic E-state index is 0.0577. The Morgan fingerprint density at radius 3 is 2.68 bits per heavy atom. The Hall–Kier alpha value is -2.63. The van der Waals surface area contributed by atoms with Gasteiger partial charge in [0, 0.05) is 41.9 Å². The van der Waals surface area contributed by atoms with Gasteiger partial charge in [0.25, 0.3) is 0 Å². The lowest BCUT2D eigenvalue weighted by Gasteiger charge is -2.20. The summed E-state index contributed by atoms with van der Waals surface area (Å²) in [6.45, 7) is 1.70. The van der Waals surface area contributed by atoms with E-state index in [2.05, 4.69) is 0 Å². The van der Waals surface area contributed by atoms with E-state index < -0.39 is 11.6 Å². The van der Waals surface area contributed by atoms with Gasteiger partial charge in [-0.25, -0.2) is 8.78 Å². The minimum Gasteiger partial charge on any atom is -0.504 e. The highest BCUT2D eigenvalue weighted by atomic mass is 35.5. The van der Waals surface area contributed by atoms with E-state index in [4.69, 9.17) is 16.3 Å². The molecule has 0 unspecified atom stereocenters. The maximum Gasteiger partial charge on any atom is 0.165 e. The van der Waals surface area contributed by atoms with Crippen LogP contribution in [-0.2, 0) is 13.1 Å². The number of phenolic OH excluding ortho intramolecular Hbond substituents is 1. The number of hydrogen-bond acceptors (Lipinski definition) is 3. The summed E-state index contributed by atoms with van der Waals surface area (Å²) in [4.78, 5) is 2.00. The van der Waals surface area contributed by atoms with Crippen molar-refractivity contribution in [2.75, 3.05) is 13.2 Å². The van der Waals surface area contributed by atoms with Gasteiger partial charge in [0.05, 0.1) is 0 Å². The van der Waals surface area contributed by atoms with Gasteiger partial charge in [-0.3, -0.25) is 4.90 Å². The summed E-state index contributed by atoms with van der Waals surface area (Å²) >= 11 is 6.09. The first-order valence-corrected chi connectivity index (χ1v) is 9.28. The van der Waals surface area contributed by atoms with Crippen LogP contribution in [0, 0.1) is 11.6 Å². The van der Waals surface area contributed by atoms with Crippen molar-refractivity contribution in [1.29, 1.82) is 0 Å². The van der Waals surface area contributed by atoms with Crippen LogP contribution in [0.3, 0.4) is 0 Å². The fourth-order valence-electron chi connectivity index (χ4n) is 3.41. The van der Waals surface area contributed by atoms with Crippen molar-refractivity contribution in [3.05, 3.63) is 82.4 Å². The van der Waals surface area contributed by atoms with Crippen LogP contribution in [-0.4, -0.2) is 23.2 Å². The zero-order chi connectivity index (χ0) is 19.7. The molecule has 0 aromatic heterocycles. The van der Waals surface area contributed by atoms with Gasteiger partial charge in [-0.15, -0.1) is 0 Å². The van der Waals surface area contributed by atoms with E-state index in [1.54, 1.807) is 12.1 Å². The molecule has 3 aromatic rings. The number of aromatic hydroxyl groups is 1. The zero-order valence-corrected chi connectivity index (χ0v) is 15.7. The average Bonchev–Trinajstić information content (AvgIpc) is 2.86. The predicted octanol–water partition coefficient (Wildman–Crippen LogP) is 5.39. The first kappa shape index (κ1) is 18.7. The quantitative estimate of drug-likeness (QED) is 0.639. The molecule has 0 radical (unpaired) electrons. The van der Waals surface area contributed by atoms with Crippen LogP contribution >= 0.6 is 11.6 Å². The SMILES string of the molecule is Oc1cc(-c2cccc(Cl)c2)cc2c1OCCN(Cc1ccc(F)cc1F)C2. The van der Waals surface area contributed by atoms with Crippen molar-refractivity contribution < 1.29 is 18.6 Å². The molecule has 28 heavy (non-hydrogen) atoms. The Balaban J connectivity index is 1.64. The van der Waals surface area contributed by atoms with Crippen LogP contribution in [0.1, 0.15) is 11.1 Å². The van der Waals surface area contributed by atoms with E-state index in [9.17, 15) is 13.9 Å². The van der Waals surface area contributed by atoms with Gasteiger partial charge in [0.15, 0.2) is 11.5 Å². The molecule has 0 amide bonds. The molecule has 3 nitrogen and oxygen atoms in total. The van der Waals surface area contributed by atoms with Crippen LogP contribution in [0.25, 0.3) is 11.1 Å². The third-order valence-corrected chi connectivity index (χ3v) is 5.00. The number of phenols is 1. The van der Waals surface area contributed by atoms with Crippen molar-refractivity contribution in [3.63, 3.8) is 0 Å². The molecule has 1 N–H and O–H groups in total. The van der Waals surface area contributed by atoms with Crippen molar-refractivity contribution in [1.82, 2.24) is 4.90 Å². The third-order valence-electron chi connectivity index (χ3n) is 4.76. The van der Waals surface area contributed by atoms with E-state index in [-0.39, 0.29) is 5.75 Å². The summed E-state index contributed by atoms with van der Waals surface area (Å²) in [5.74, 6) is -0.669. The Morgan fingerprint density at radius 2 is 1.89 bits per heavy atom. The van der Waals surface area contributed by atoms with E-state index in [0.717, 1.165) is 22.8 Å². The molecule has 3 aromatic carbocycles. The number of nitrogens with zero attached hydrogens (tertiary/aromatic N) is 1. The molecule has 1 aliphatic heterocycles. The van der Waals surface area contributed by atoms with Gasteiger partial charge in [-0.2, -0.15) is 0 Å². The van der Waals surface area contributed by atoms with Crippen molar-refractivity contribution >= 4 is 11.6 Å². The summed E-state index contributed by atoms with van der Waals surface area (Å²) in [7, 11) is 0. The molecule has 0 spiro atoms. The van der Waals surface area contributed by atoms with Crippen molar-refractivity contribution in [2.24, 2.45) is 0 Å². The number of fused-ring (bicyclic) bond motifs is 1. The molecule has 0 bridgehead atoms. The van der Waals surface area contributed by atoms with Gasteiger partial charge in [0.2, 0.25) is 0 Å². The van der Waals surface area contributed by atoms with E-state index in [0.29, 0.717) is 42.6 Å². The Bertz CT molecular complexity index is 1030. The van der Waals surface area contributed by atoms with Gasteiger partial charge < -0.3 is 9.84 Å². The first-order valence-electron chi connectivity index (χ1n) is 8.90. The monoisotopic (exact) mass is 401 g/mol. The van der Waals surface area contributed by atoms with Gasteiger partial charge >= 0.3 is 0 Å². The van der Waals surface area contributed by atoms with Crippen LogP contribution in [0.15, 0.2) is 54.6 Å². The van der Waals surface area contributed by atoms with E-state index in [1.807, 2.05) is 29.2 Å². The minimum atomic E-state index is -0.595. The molecule has 0 saturated carbocycles. The topological polar surface area (TPSA) is 32.7 Å². The van der Waals surface area contributed by atoms with E-state index >= 15 is 0 Å². The Morgan fingerprint density at radius 1 is 1.04 bits per heavy atom. The molecular formula is C22H18ClF2NO2. The largest absolute Gasteiger partial charge is 0.504 e. The molecule has 0 atom stereocenters. The molecule has 6 heteroatoms. The van der Waals surface area contributed by atoms with Crippen LogP contribution < -0.4 is 4.74 Å². The average molecular weight is 402 g/mol. The Kier molecular flexibility index (Phi) is 5.20. The number of halogens is 3. The second-order valence-corrected chi connectivity index (χ2v) is 7.23. The highest BCUT2D eigenvalue weighted by Crippen LogP contribution is 2.38. The maximum atomic E-state index is 14.0. The molecular weight excluding hydrogens is 384 g/mol. The fourth-order valence-corrected chi connectivity index (χ4v) is 3.60. The number of ether oxygens (including phenoxy) is 1. The number of benzene rings is 3. The molecule has 144 valence electrons. The summed E-state index contributed by atoms with van der Waals surface area (Å²) in [6.07, 6.45) is 0. The maximum absolute atomic E-state index is 14.0. The molecule has 0 saturated heterocycles. The van der Waals surface area contributed by atoms with Crippen LogP contribution in [0.5, 0.6) is 11.5 Å². The van der Waals surface area contributed by atoms with Crippen LogP contribution in [0.2, 0.25) is 5.02 Å². The summed E-state index contributed by atoms with van der Waals surface area (Å²) < 4.78 is 32.9. The lowest BCUT2D eigenvalue weighted by molar-refractivity contribution is 0.215. The van der Waals surface area contributed by atoms with Gasteiger partial charge in [-0.1, -0.05) is 29.8 Å². The molecule has 0 fully saturated rings. The summed E-state index contributed by atoms with van der Waals surface area (Å²) in [5, 5.41) is 11.1. The van der Waals surface area contributed by atoms with Gasteiger partial charge in [0.1, 0.15) is 18.2 Å². The smallest absolute Gasteiger partial charge is 0.165 e. The molecule has 4 rings (SSSR count). The Labute approximate surface area is 166 Å². The number of rotatable bonds is 3. The molecule has 0 aliphatic carbocycles. The lowest BCUT2D eigenvalue weighted by atomic mass is 10.0. The highest BCUT2D eigenvalue weighted by Gasteiger charge is 2.21. The van der Waals surface area contributed by atoms with Crippen molar-refractivity contribution in [3.8, 4) is 22.6 Å². The molecule has 1 heterocycles. The standard InChI is InChI=1S/C22H18ClF2NO2/c23-18-3-1-2-14(9-18)16-8-17-13-26(6-7-28-22(17)21(27)10-16)12-15-4-5-19(24)11-20(15)25/h1-5,8-11,27H,6-7,12-13H2. The summed E-state index contributed by atoms with van der Waals surface area (Å²) in [6, 6.07) is 14.6. The predicted molar refractivity (Wildman–Crippen MR) is 105 cm³/mol. The van der Waals surface area contributed by atoms with Crippen LogP contribution in [0.4, 0.5) is 8.78 Å². The molecule has 1 aliphatic rings. The second-order valence-electron chi connectivity index (χ2n) is 6.79. The van der Waals surface area contributed by atoms with Crippen molar-refractivity contribution in [2.45, 2.75) is 13.1 Å². The second kappa shape index (κ2) is 7.78. The van der Waals surface area contributed by atoms with Gasteiger partial charge in [-0.05, 0) is 41.5 Å². The normalized spacial score (nSPS) is 14.2. The highest BCUT2D eigenvalue weighted by molar-refractivity contribution is 6.30. The first-order chi connectivity index (χ1) is 13.5. The third kappa shape index (κ3) is 3.96. The lowest BCUT2D eigenvalue weighted by Crippen LogP contribution is -2.25. The fraction of sp³-hybridized carbons (Fsp3) is 0.182. The zero-order valence-electron chi connectivity index (χ0n) is 15.0. The number of hydrogen-bond donors (Lipinski definition) is 1. The van der Waals surface area contributed by atoms with E-state index in [1.165, 1.54) is 12.1 Å².